The maximum absolute atomic E-state index is 11.9. The average Bonchev–Trinajstić information content (AvgIpc) is 2.97. The van der Waals surface area contributed by atoms with Crippen molar-refractivity contribution < 1.29 is 14.3 Å². The fraction of sp³-hybridized carbons (Fsp3) is 0.267. The molecular formula is C15H17NO3S. The number of carbonyl (C=O) groups is 1. The van der Waals surface area contributed by atoms with Crippen LogP contribution in [0.2, 0.25) is 0 Å². The van der Waals surface area contributed by atoms with Gasteiger partial charge < -0.3 is 14.8 Å². The van der Waals surface area contributed by atoms with Crippen LogP contribution in [0.5, 0.6) is 11.5 Å². The molecule has 1 amide bonds. The molecule has 2 aromatic rings. The third kappa shape index (κ3) is 3.51. The van der Waals surface area contributed by atoms with E-state index in [2.05, 4.69) is 5.32 Å². The summed E-state index contributed by atoms with van der Waals surface area (Å²) in [5, 5.41) is 6.70. The molecule has 0 bridgehead atoms. The molecule has 20 heavy (non-hydrogen) atoms. The van der Waals surface area contributed by atoms with E-state index in [1.807, 2.05) is 35.0 Å². The van der Waals surface area contributed by atoms with Gasteiger partial charge >= 0.3 is 0 Å². The Kier molecular flexibility index (Phi) is 5.01. The lowest BCUT2D eigenvalue weighted by atomic mass is 10.1. The normalized spacial score (nSPS) is 10.1. The molecule has 1 aromatic heterocycles. The van der Waals surface area contributed by atoms with Crippen molar-refractivity contribution in [2.45, 2.75) is 12.8 Å². The van der Waals surface area contributed by atoms with Gasteiger partial charge in [0.25, 0.3) is 0 Å². The van der Waals surface area contributed by atoms with E-state index in [9.17, 15) is 4.79 Å². The van der Waals surface area contributed by atoms with Gasteiger partial charge in [0.05, 0.1) is 19.9 Å². The fourth-order valence-electron chi connectivity index (χ4n) is 1.96. The van der Waals surface area contributed by atoms with Crippen molar-refractivity contribution in [3.8, 4) is 11.5 Å². The van der Waals surface area contributed by atoms with Gasteiger partial charge in [0.1, 0.15) is 0 Å². The molecule has 4 nitrogen and oxygen atoms in total. The summed E-state index contributed by atoms with van der Waals surface area (Å²) in [6.07, 6.45) is 1.01. The van der Waals surface area contributed by atoms with Crippen LogP contribution in [0.4, 0.5) is 5.69 Å². The lowest BCUT2D eigenvalue weighted by Gasteiger charge is -2.12. The summed E-state index contributed by atoms with van der Waals surface area (Å²) < 4.78 is 10.6. The van der Waals surface area contributed by atoms with Gasteiger partial charge in [-0.3, -0.25) is 4.79 Å². The fourth-order valence-corrected chi connectivity index (χ4v) is 2.55. The Hall–Kier alpha value is -2.01. The third-order valence-corrected chi connectivity index (χ3v) is 3.59. The Labute approximate surface area is 122 Å². The number of benzene rings is 1. The van der Waals surface area contributed by atoms with E-state index in [0.717, 1.165) is 11.3 Å². The Balaban J connectivity index is 1.98. The molecule has 0 saturated carbocycles. The Bertz CT molecular complexity index is 567. The Morgan fingerprint density at radius 3 is 2.75 bits per heavy atom. The zero-order valence-electron chi connectivity index (χ0n) is 11.5. The molecule has 0 unspecified atom stereocenters. The molecule has 0 saturated heterocycles. The van der Waals surface area contributed by atoms with Gasteiger partial charge in [-0.15, -0.1) is 0 Å². The molecule has 0 aliphatic carbocycles. The third-order valence-electron chi connectivity index (χ3n) is 2.91. The Morgan fingerprint density at radius 2 is 2.10 bits per heavy atom. The second kappa shape index (κ2) is 6.96. The predicted octanol–water partition coefficient (Wildman–Crippen LogP) is 3.34. The molecule has 0 spiro atoms. The number of aryl methyl sites for hydroxylation is 1. The first-order valence-electron chi connectivity index (χ1n) is 6.26. The summed E-state index contributed by atoms with van der Waals surface area (Å²) in [4.78, 5) is 11.9. The Morgan fingerprint density at radius 1 is 1.25 bits per heavy atom. The van der Waals surface area contributed by atoms with Crippen LogP contribution in [0.25, 0.3) is 0 Å². The van der Waals surface area contributed by atoms with Gasteiger partial charge in [0.2, 0.25) is 5.91 Å². The van der Waals surface area contributed by atoms with Crippen LogP contribution in [-0.4, -0.2) is 20.1 Å². The zero-order chi connectivity index (χ0) is 14.4. The van der Waals surface area contributed by atoms with Crippen LogP contribution in [0.15, 0.2) is 35.0 Å². The number of nitrogens with one attached hydrogen (secondary N) is 1. The second-order valence-corrected chi connectivity index (χ2v) is 4.99. The highest BCUT2D eigenvalue weighted by Gasteiger charge is 2.11. The van der Waals surface area contributed by atoms with Crippen molar-refractivity contribution in [3.63, 3.8) is 0 Å². The number of rotatable bonds is 6. The number of hydrogen-bond donors (Lipinski definition) is 1. The molecule has 0 radical (unpaired) electrons. The molecule has 5 heteroatoms. The summed E-state index contributed by atoms with van der Waals surface area (Å²) in [5.41, 5.74) is 1.81. The molecule has 0 fully saturated rings. The summed E-state index contributed by atoms with van der Waals surface area (Å²) >= 11 is 1.56. The average molecular weight is 291 g/mol. The van der Waals surface area contributed by atoms with Crippen molar-refractivity contribution >= 4 is 22.9 Å². The maximum Gasteiger partial charge on any atom is 0.224 e. The van der Waals surface area contributed by atoms with E-state index in [1.165, 1.54) is 0 Å². The molecule has 1 aromatic carbocycles. The molecule has 2 rings (SSSR count). The van der Waals surface area contributed by atoms with Gasteiger partial charge in [0.15, 0.2) is 11.5 Å². The van der Waals surface area contributed by atoms with E-state index in [1.54, 1.807) is 25.6 Å². The van der Waals surface area contributed by atoms with Gasteiger partial charge in [0, 0.05) is 11.8 Å². The van der Waals surface area contributed by atoms with E-state index in [4.69, 9.17) is 9.47 Å². The molecular weight excluding hydrogens is 274 g/mol. The van der Waals surface area contributed by atoms with Crippen LogP contribution in [-0.2, 0) is 11.2 Å². The first kappa shape index (κ1) is 14.4. The van der Waals surface area contributed by atoms with Crippen LogP contribution in [0.1, 0.15) is 12.0 Å². The van der Waals surface area contributed by atoms with Crippen LogP contribution >= 0.6 is 11.3 Å². The predicted molar refractivity (Wildman–Crippen MR) is 80.8 cm³/mol. The van der Waals surface area contributed by atoms with Gasteiger partial charge in [-0.05, 0) is 29.5 Å². The van der Waals surface area contributed by atoms with Crippen LogP contribution < -0.4 is 14.8 Å². The quantitative estimate of drug-likeness (QED) is 0.888. The summed E-state index contributed by atoms with van der Waals surface area (Å²) in [6.45, 7) is 0. The van der Waals surface area contributed by atoms with Gasteiger partial charge in [-0.2, -0.15) is 11.3 Å². The van der Waals surface area contributed by atoms with Crippen molar-refractivity contribution in [2.24, 2.45) is 0 Å². The molecule has 1 heterocycles. The number of thiophene rings is 1. The molecule has 106 valence electrons. The number of ether oxygens (including phenoxy) is 2. The van der Waals surface area contributed by atoms with Crippen molar-refractivity contribution in [1.29, 1.82) is 0 Å². The summed E-state index contributed by atoms with van der Waals surface area (Å²) in [5.74, 6) is 1.37. The first-order valence-corrected chi connectivity index (χ1v) is 7.20. The smallest absolute Gasteiger partial charge is 0.224 e. The molecule has 1 N–H and O–H groups in total. The van der Waals surface area contributed by atoms with E-state index >= 15 is 0 Å². The minimum Gasteiger partial charge on any atom is -0.493 e. The standard InChI is InChI=1S/C15H17NO3S/c1-18-13-5-3-4-11(15(13)19-2)6-7-14(17)16-12-8-9-20-10-12/h3-5,8-10H,6-7H2,1-2H3,(H,16,17). The SMILES string of the molecule is COc1cccc(CCC(=O)Nc2ccsc2)c1OC. The molecule has 0 atom stereocenters. The van der Waals surface area contributed by atoms with Crippen molar-refractivity contribution in [3.05, 3.63) is 40.6 Å². The highest BCUT2D eigenvalue weighted by molar-refractivity contribution is 7.08. The second-order valence-electron chi connectivity index (χ2n) is 4.21. The number of methoxy groups -OCH3 is 2. The summed E-state index contributed by atoms with van der Waals surface area (Å²) in [6, 6.07) is 7.56. The largest absolute Gasteiger partial charge is 0.493 e. The number of anilines is 1. The summed E-state index contributed by atoms with van der Waals surface area (Å²) in [7, 11) is 3.21. The number of amides is 1. The van der Waals surface area contributed by atoms with E-state index in [-0.39, 0.29) is 5.91 Å². The lowest BCUT2D eigenvalue weighted by molar-refractivity contribution is -0.116. The number of para-hydroxylation sites is 1. The molecule has 0 aliphatic heterocycles. The number of carbonyl (C=O) groups excluding carboxylic acids is 1. The minimum absolute atomic E-state index is 0.00623. The van der Waals surface area contributed by atoms with Crippen LogP contribution in [0, 0.1) is 0 Å². The van der Waals surface area contributed by atoms with Gasteiger partial charge in [-0.25, -0.2) is 0 Å². The van der Waals surface area contributed by atoms with E-state index < -0.39 is 0 Å². The highest BCUT2D eigenvalue weighted by Crippen LogP contribution is 2.31. The highest BCUT2D eigenvalue weighted by atomic mass is 32.1. The topological polar surface area (TPSA) is 47.6 Å². The first-order chi connectivity index (χ1) is 9.74. The lowest BCUT2D eigenvalue weighted by Crippen LogP contribution is -2.12. The monoisotopic (exact) mass is 291 g/mol. The van der Waals surface area contributed by atoms with E-state index in [0.29, 0.717) is 24.3 Å². The number of hydrogen-bond acceptors (Lipinski definition) is 4. The van der Waals surface area contributed by atoms with Crippen LogP contribution in [0.3, 0.4) is 0 Å². The minimum atomic E-state index is -0.00623. The zero-order valence-corrected chi connectivity index (χ0v) is 12.3. The van der Waals surface area contributed by atoms with Crippen molar-refractivity contribution in [1.82, 2.24) is 0 Å². The van der Waals surface area contributed by atoms with Gasteiger partial charge in [-0.1, -0.05) is 12.1 Å². The maximum atomic E-state index is 11.9. The molecule has 0 aliphatic rings. The van der Waals surface area contributed by atoms with Crippen molar-refractivity contribution in [2.75, 3.05) is 19.5 Å².